The zero-order chi connectivity index (χ0) is 10.2. The smallest absolute Gasteiger partial charge is 0.336 e. The van der Waals surface area contributed by atoms with Crippen LogP contribution in [0.1, 0.15) is 13.8 Å². The number of carbonyl (C=O) groups excluding carboxylic acids is 1. The first-order chi connectivity index (χ1) is 6.55. The van der Waals surface area contributed by atoms with E-state index in [2.05, 4.69) is 0 Å². The lowest BCUT2D eigenvalue weighted by Crippen LogP contribution is -2.20. The minimum absolute atomic E-state index is 0.143. The third-order valence-electron chi connectivity index (χ3n) is 1.98. The van der Waals surface area contributed by atoms with Gasteiger partial charge in [-0.1, -0.05) is 0 Å². The van der Waals surface area contributed by atoms with E-state index >= 15 is 0 Å². The summed E-state index contributed by atoms with van der Waals surface area (Å²) in [4.78, 5) is 10.7. The Hall–Kier alpha value is -1.13. The van der Waals surface area contributed by atoms with E-state index in [9.17, 15) is 4.79 Å². The monoisotopic (exact) mass is 196 g/mol. The number of esters is 1. The number of carbonyl (C=O) groups is 1. The van der Waals surface area contributed by atoms with Gasteiger partial charge in [0.05, 0.1) is 6.61 Å². The maximum atomic E-state index is 10.7. The zero-order valence-electron chi connectivity index (χ0n) is 8.15. The molecule has 0 spiro atoms. The molecule has 4 nitrogen and oxygen atoms in total. The molecule has 0 N–H and O–H groups in total. The molecule has 2 rings (SSSR count). The lowest BCUT2D eigenvalue weighted by Gasteiger charge is -2.15. The van der Waals surface area contributed by atoms with Gasteiger partial charge < -0.3 is 14.2 Å². The third kappa shape index (κ3) is 2.02. The highest BCUT2D eigenvalue weighted by atomic mass is 16.7. The van der Waals surface area contributed by atoms with E-state index in [4.69, 9.17) is 14.2 Å². The minimum Gasteiger partial charge on any atom is -0.424 e. The van der Waals surface area contributed by atoms with Gasteiger partial charge in [-0.3, -0.25) is 0 Å². The molecular formula is C10H12O4. The van der Waals surface area contributed by atoms with E-state index in [1.54, 1.807) is 12.2 Å². The second kappa shape index (κ2) is 3.22. The van der Waals surface area contributed by atoms with E-state index in [1.165, 1.54) is 6.08 Å². The van der Waals surface area contributed by atoms with Gasteiger partial charge in [-0.2, -0.15) is 0 Å². The predicted octanol–water partition coefficient (Wildman–Crippen LogP) is 1.13. The number of allylic oxidation sites excluding steroid dienone is 1. The summed E-state index contributed by atoms with van der Waals surface area (Å²) >= 11 is 0. The van der Waals surface area contributed by atoms with Crippen LogP contribution in [0.2, 0.25) is 0 Å². The molecule has 1 atom stereocenters. The molecule has 0 bridgehead atoms. The Morgan fingerprint density at radius 2 is 2.29 bits per heavy atom. The van der Waals surface area contributed by atoms with Crippen LogP contribution in [0.25, 0.3) is 0 Å². The molecule has 0 radical (unpaired) electrons. The highest BCUT2D eigenvalue weighted by Gasteiger charge is 2.32. The molecule has 14 heavy (non-hydrogen) atoms. The lowest BCUT2D eigenvalue weighted by molar-refractivity contribution is -0.134. The molecule has 76 valence electrons. The van der Waals surface area contributed by atoms with Crippen molar-refractivity contribution in [2.75, 3.05) is 6.61 Å². The van der Waals surface area contributed by atoms with E-state index in [-0.39, 0.29) is 12.1 Å². The van der Waals surface area contributed by atoms with Crippen molar-refractivity contribution in [3.63, 3.8) is 0 Å². The van der Waals surface area contributed by atoms with Crippen molar-refractivity contribution in [2.24, 2.45) is 0 Å². The summed E-state index contributed by atoms with van der Waals surface area (Å²) < 4.78 is 15.7. The van der Waals surface area contributed by atoms with Crippen molar-refractivity contribution in [2.45, 2.75) is 25.7 Å². The summed E-state index contributed by atoms with van der Waals surface area (Å²) in [5, 5.41) is 0. The first-order valence-corrected chi connectivity index (χ1v) is 4.49. The van der Waals surface area contributed by atoms with Gasteiger partial charge in [-0.15, -0.1) is 0 Å². The molecule has 0 aromatic carbocycles. The van der Waals surface area contributed by atoms with Crippen LogP contribution in [0.3, 0.4) is 0 Å². The first-order valence-electron chi connectivity index (χ1n) is 4.49. The Kier molecular flexibility index (Phi) is 2.17. The van der Waals surface area contributed by atoms with Crippen molar-refractivity contribution in [3.8, 4) is 0 Å². The normalized spacial score (nSPS) is 32.6. The Morgan fingerprint density at radius 3 is 2.79 bits per heavy atom. The summed E-state index contributed by atoms with van der Waals surface area (Å²) in [5.41, 5.74) is 0. The maximum absolute atomic E-state index is 10.7. The van der Waals surface area contributed by atoms with Crippen molar-refractivity contribution < 1.29 is 19.0 Å². The standard InChI is InChI=1S/C10H12O4/c1-10(2)12-6-8(14-10)5-7-3-4-9(11)13-7/h3-5,8H,6H2,1-2H3/b7-5-/t8-/m0/s1. The van der Waals surface area contributed by atoms with Gasteiger partial charge in [-0.05, 0) is 26.0 Å². The van der Waals surface area contributed by atoms with Gasteiger partial charge in [-0.25, -0.2) is 4.79 Å². The van der Waals surface area contributed by atoms with Gasteiger partial charge in [0.2, 0.25) is 0 Å². The van der Waals surface area contributed by atoms with Gasteiger partial charge in [0.25, 0.3) is 0 Å². The molecule has 1 saturated heterocycles. The number of hydrogen-bond acceptors (Lipinski definition) is 4. The van der Waals surface area contributed by atoms with Crippen LogP contribution in [-0.2, 0) is 19.0 Å². The fourth-order valence-corrected chi connectivity index (χ4v) is 1.40. The Balaban J connectivity index is 1.99. The zero-order valence-corrected chi connectivity index (χ0v) is 8.15. The number of cyclic esters (lactones) is 1. The third-order valence-corrected chi connectivity index (χ3v) is 1.98. The average molecular weight is 196 g/mol. The summed E-state index contributed by atoms with van der Waals surface area (Å²) in [6.07, 6.45) is 4.61. The molecular weight excluding hydrogens is 184 g/mol. The molecule has 0 unspecified atom stereocenters. The summed E-state index contributed by atoms with van der Waals surface area (Å²) in [5.74, 6) is -0.357. The van der Waals surface area contributed by atoms with Gasteiger partial charge in [0, 0.05) is 6.08 Å². The highest BCUT2D eigenvalue weighted by Crippen LogP contribution is 2.24. The molecule has 2 aliphatic rings. The number of rotatable bonds is 1. The SMILES string of the molecule is CC1(C)OC[C@H](/C=C2/C=CC(=O)O2)O1. The van der Waals surface area contributed by atoms with Crippen molar-refractivity contribution >= 4 is 5.97 Å². The van der Waals surface area contributed by atoms with Crippen molar-refractivity contribution in [3.05, 3.63) is 24.0 Å². The number of ether oxygens (including phenoxy) is 3. The fraction of sp³-hybridized carbons (Fsp3) is 0.500. The van der Waals surface area contributed by atoms with Crippen LogP contribution in [0.5, 0.6) is 0 Å². The second-order valence-electron chi connectivity index (χ2n) is 3.69. The second-order valence-corrected chi connectivity index (χ2v) is 3.69. The van der Waals surface area contributed by atoms with Crippen LogP contribution in [0.4, 0.5) is 0 Å². The average Bonchev–Trinajstić information content (AvgIpc) is 2.59. The molecule has 0 aromatic rings. The molecule has 0 aliphatic carbocycles. The summed E-state index contributed by atoms with van der Waals surface area (Å²) in [7, 11) is 0. The molecule has 0 aromatic heterocycles. The van der Waals surface area contributed by atoms with E-state index in [0.29, 0.717) is 12.4 Å². The molecule has 0 amide bonds. The van der Waals surface area contributed by atoms with Crippen LogP contribution >= 0.6 is 0 Å². The number of hydrogen-bond donors (Lipinski definition) is 0. The van der Waals surface area contributed by atoms with Crippen LogP contribution in [0, 0.1) is 0 Å². The van der Waals surface area contributed by atoms with E-state index in [0.717, 1.165) is 0 Å². The maximum Gasteiger partial charge on any atom is 0.336 e. The van der Waals surface area contributed by atoms with Crippen molar-refractivity contribution in [1.29, 1.82) is 0 Å². The lowest BCUT2D eigenvalue weighted by atomic mass is 10.3. The van der Waals surface area contributed by atoms with Crippen LogP contribution < -0.4 is 0 Å². The predicted molar refractivity (Wildman–Crippen MR) is 48.2 cm³/mol. The molecule has 0 saturated carbocycles. The quantitative estimate of drug-likeness (QED) is 0.590. The molecule has 2 heterocycles. The van der Waals surface area contributed by atoms with E-state index < -0.39 is 5.79 Å². The van der Waals surface area contributed by atoms with E-state index in [1.807, 2.05) is 13.8 Å². The minimum atomic E-state index is -0.548. The highest BCUT2D eigenvalue weighted by molar-refractivity contribution is 5.86. The van der Waals surface area contributed by atoms with Crippen molar-refractivity contribution in [1.82, 2.24) is 0 Å². The topological polar surface area (TPSA) is 44.8 Å². The Morgan fingerprint density at radius 1 is 1.50 bits per heavy atom. The largest absolute Gasteiger partial charge is 0.424 e. The molecule has 1 fully saturated rings. The summed E-state index contributed by atoms with van der Waals surface area (Å²) in [6, 6.07) is 0. The molecule has 2 aliphatic heterocycles. The first kappa shape index (κ1) is 9.43. The van der Waals surface area contributed by atoms with Crippen LogP contribution in [0.15, 0.2) is 24.0 Å². The van der Waals surface area contributed by atoms with Gasteiger partial charge in [0.15, 0.2) is 5.79 Å². The van der Waals surface area contributed by atoms with Gasteiger partial charge in [0.1, 0.15) is 11.9 Å². The van der Waals surface area contributed by atoms with Gasteiger partial charge >= 0.3 is 5.97 Å². The molecule has 4 heteroatoms. The Labute approximate surface area is 82.1 Å². The fourth-order valence-electron chi connectivity index (χ4n) is 1.40. The van der Waals surface area contributed by atoms with Crippen LogP contribution in [-0.4, -0.2) is 24.5 Å². The summed E-state index contributed by atoms with van der Waals surface area (Å²) in [6.45, 7) is 4.19. The Bertz CT molecular complexity index is 314.